The summed E-state index contributed by atoms with van der Waals surface area (Å²) in [7, 11) is 0. The maximum atomic E-state index is 11.0. The van der Waals surface area contributed by atoms with Gasteiger partial charge in [-0.3, -0.25) is 9.69 Å². The van der Waals surface area contributed by atoms with Crippen LogP contribution in [0.3, 0.4) is 0 Å². The molecular formula is C10H13NO4. The summed E-state index contributed by atoms with van der Waals surface area (Å²) in [5.74, 6) is -1.22. The van der Waals surface area contributed by atoms with Gasteiger partial charge in [0.05, 0.1) is 12.0 Å². The first-order chi connectivity index (χ1) is 7.09. The third-order valence-corrected chi connectivity index (χ3v) is 3.17. The van der Waals surface area contributed by atoms with Crippen LogP contribution in [0.4, 0.5) is 4.79 Å². The lowest BCUT2D eigenvalue weighted by atomic mass is 9.82. The second-order valence-corrected chi connectivity index (χ2v) is 4.08. The van der Waals surface area contributed by atoms with Gasteiger partial charge >= 0.3 is 12.1 Å². The summed E-state index contributed by atoms with van der Waals surface area (Å²) in [6.07, 6.45) is 4.27. The average molecular weight is 211 g/mol. The molecule has 2 bridgehead atoms. The topological polar surface area (TPSA) is 77.8 Å². The highest BCUT2D eigenvalue weighted by Crippen LogP contribution is 2.33. The van der Waals surface area contributed by atoms with E-state index in [2.05, 4.69) is 0 Å². The van der Waals surface area contributed by atoms with Gasteiger partial charge in [0.15, 0.2) is 0 Å². The van der Waals surface area contributed by atoms with Gasteiger partial charge in [0.1, 0.15) is 0 Å². The molecular weight excluding hydrogens is 198 g/mol. The summed E-state index contributed by atoms with van der Waals surface area (Å²) in [5, 5.41) is 17.9. The van der Waals surface area contributed by atoms with E-state index in [0.29, 0.717) is 19.3 Å². The van der Waals surface area contributed by atoms with Crippen molar-refractivity contribution < 1.29 is 19.8 Å². The van der Waals surface area contributed by atoms with Crippen molar-refractivity contribution in [2.75, 3.05) is 0 Å². The number of fused-ring (bicyclic) bond motifs is 2. The van der Waals surface area contributed by atoms with Crippen LogP contribution in [-0.4, -0.2) is 39.3 Å². The number of amides is 1. The molecule has 0 spiro atoms. The molecule has 0 aliphatic carbocycles. The van der Waals surface area contributed by atoms with Crippen molar-refractivity contribution in [1.29, 1.82) is 0 Å². The van der Waals surface area contributed by atoms with E-state index < -0.39 is 18.0 Å². The largest absolute Gasteiger partial charge is 0.481 e. The van der Waals surface area contributed by atoms with E-state index in [-0.39, 0.29) is 12.1 Å². The highest BCUT2D eigenvalue weighted by atomic mass is 16.4. The molecule has 3 unspecified atom stereocenters. The zero-order chi connectivity index (χ0) is 11.0. The Morgan fingerprint density at radius 1 is 1.27 bits per heavy atom. The van der Waals surface area contributed by atoms with Crippen LogP contribution in [0.5, 0.6) is 0 Å². The van der Waals surface area contributed by atoms with Crippen molar-refractivity contribution >= 4 is 12.1 Å². The van der Waals surface area contributed by atoms with Gasteiger partial charge < -0.3 is 10.2 Å². The maximum absolute atomic E-state index is 11.0. The lowest BCUT2D eigenvalue weighted by molar-refractivity contribution is -0.144. The van der Waals surface area contributed by atoms with Gasteiger partial charge in [-0.2, -0.15) is 0 Å². The molecule has 82 valence electrons. The summed E-state index contributed by atoms with van der Waals surface area (Å²) in [6, 6.07) is -0.413. The van der Waals surface area contributed by atoms with Crippen LogP contribution >= 0.6 is 0 Å². The number of carboxylic acids is 1. The number of aliphatic carboxylic acids is 1. The number of rotatable bonds is 1. The number of carboxylic acid groups (broad SMARTS) is 2. The smallest absolute Gasteiger partial charge is 0.408 e. The van der Waals surface area contributed by atoms with Gasteiger partial charge in [-0.25, -0.2) is 4.79 Å². The summed E-state index contributed by atoms with van der Waals surface area (Å²) >= 11 is 0. The summed E-state index contributed by atoms with van der Waals surface area (Å²) in [4.78, 5) is 23.2. The van der Waals surface area contributed by atoms with Gasteiger partial charge in [-0.15, -0.1) is 0 Å². The number of carbonyl (C=O) groups is 2. The first kappa shape index (κ1) is 10.0. The van der Waals surface area contributed by atoms with Crippen molar-refractivity contribution in [2.24, 2.45) is 5.92 Å². The Balaban J connectivity index is 2.20. The van der Waals surface area contributed by atoms with Gasteiger partial charge in [-0.1, -0.05) is 12.2 Å². The monoisotopic (exact) mass is 211 g/mol. The molecule has 2 aliphatic heterocycles. The zero-order valence-corrected chi connectivity index (χ0v) is 8.17. The molecule has 0 aromatic rings. The van der Waals surface area contributed by atoms with Gasteiger partial charge in [0, 0.05) is 6.04 Å². The third-order valence-electron chi connectivity index (χ3n) is 3.17. The molecule has 5 heteroatoms. The zero-order valence-electron chi connectivity index (χ0n) is 8.17. The van der Waals surface area contributed by atoms with E-state index in [1.807, 2.05) is 6.08 Å². The molecule has 0 aromatic carbocycles. The lowest BCUT2D eigenvalue weighted by Gasteiger charge is -2.43. The molecule has 15 heavy (non-hydrogen) atoms. The van der Waals surface area contributed by atoms with Crippen molar-refractivity contribution in [3.05, 3.63) is 12.2 Å². The van der Waals surface area contributed by atoms with E-state index in [1.165, 1.54) is 4.90 Å². The van der Waals surface area contributed by atoms with Gasteiger partial charge in [0.25, 0.3) is 0 Å². The molecule has 0 radical (unpaired) electrons. The van der Waals surface area contributed by atoms with E-state index in [0.717, 1.165) is 0 Å². The van der Waals surface area contributed by atoms with Crippen LogP contribution in [0.1, 0.15) is 19.3 Å². The molecule has 2 heterocycles. The van der Waals surface area contributed by atoms with Crippen LogP contribution in [0.25, 0.3) is 0 Å². The number of piperidine rings is 1. The summed E-state index contributed by atoms with van der Waals surface area (Å²) in [6.45, 7) is 0. The standard InChI is InChI=1S/C10H13NO4/c12-9(13)6-4-7-2-1-3-8(5-6)11(7)10(14)15/h1-2,6-8H,3-5H2,(H,12,13)(H,14,15). The Morgan fingerprint density at radius 2 is 2.00 bits per heavy atom. The molecule has 0 saturated carbocycles. The van der Waals surface area contributed by atoms with E-state index in [1.54, 1.807) is 6.08 Å². The maximum Gasteiger partial charge on any atom is 0.408 e. The second-order valence-electron chi connectivity index (χ2n) is 4.08. The second kappa shape index (κ2) is 3.56. The minimum absolute atomic E-state index is 0.160. The van der Waals surface area contributed by atoms with Gasteiger partial charge in [-0.05, 0) is 19.3 Å². The molecule has 1 saturated heterocycles. The Labute approximate surface area is 87.0 Å². The molecule has 1 amide bonds. The van der Waals surface area contributed by atoms with Crippen LogP contribution in [0, 0.1) is 5.92 Å². The fourth-order valence-electron chi connectivity index (χ4n) is 2.49. The third kappa shape index (κ3) is 1.69. The molecule has 1 fully saturated rings. The van der Waals surface area contributed by atoms with Crippen molar-refractivity contribution in [2.45, 2.75) is 31.3 Å². The highest BCUT2D eigenvalue weighted by Gasteiger charge is 2.41. The van der Waals surface area contributed by atoms with Crippen LogP contribution in [-0.2, 0) is 4.79 Å². The van der Waals surface area contributed by atoms with Crippen molar-refractivity contribution in [3.8, 4) is 0 Å². The summed E-state index contributed by atoms with van der Waals surface area (Å²) < 4.78 is 0. The minimum atomic E-state index is -0.946. The van der Waals surface area contributed by atoms with Crippen LogP contribution in [0.2, 0.25) is 0 Å². The number of hydrogen-bond donors (Lipinski definition) is 2. The van der Waals surface area contributed by atoms with Crippen LogP contribution in [0.15, 0.2) is 12.2 Å². The number of nitrogens with zero attached hydrogens (tertiary/aromatic N) is 1. The molecule has 2 rings (SSSR count). The molecule has 3 atom stereocenters. The Morgan fingerprint density at radius 3 is 2.53 bits per heavy atom. The Kier molecular flexibility index (Phi) is 2.38. The fourth-order valence-corrected chi connectivity index (χ4v) is 2.49. The Bertz CT molecular complexity index is 325. The molecule has 2 aliphatic rings. The van der Waals surface area contributed by atoms with E-state index in [4.69, 9.17) is 10.2 Å². The first-order valence-corrected chi connectivity index (χ1v) is 5.00. The lowest BCUT2D eigenvalue weighted by Crippen LogP contribution is -2.53. The van der Waals surface area contributed by atoms with E-state index in [9.17, 15) is 9.59 Å². The fraction of sp³-hybridized carbons (Fsp3) is 0.600. The quantitative estimate of drug-likeness (QED) is 0.638. The van der Waals surface area contributed by atoms with Crippen LogP contribution < -0.4 is 0 Å². The predicted molar refractivity (Wildman–Crippen MR) is 51.6 cm³/mol. The molecule has 0 aromatic heterocycles. The predicted octanol–water partition coefficient (Wildman–Crippen LogP) is 1.16. The number of hydrogen-bond acceptors (Lipinski definition) is 2. The average Bonchev–Trinajstić information content (AvgIpc) is 2.15. The normalized spacial score (nSPS) is 33.9. The van der Waals surface area contributed by atoms with Crippen molar-refractivity contribution in [1.82, 2.24) is 4.90 Å². The van der Waals surface area contributed by atoms with Gasteiger partial charge in [0.2, 0.25) is 0 Å². The Hall–Kier alpha value is -1.52. The minimum Gasteiger partial charge on any atom is -0.481 e. The highest BCUT2D eigenvalue weighted by molar-refractivity contribution is 5.72. The van der Waals surface area contributed by atoms with E-state index >= 15 is 0 Å². The van der Waals surface area contributed by atoms with Crippen molar-refractivity contribution in [3.63, 3.8) is 0 Å². The summed E-state index contributed by atoms with van der Waals surface area (Å²) in [5.41, 5.74) is 0. The first-order valence-electron chi connectivity index (χ1n) is 5.00. The SMILES string of the molecule is O=C(O)C1CC2C=CCC(C1)N2C(=O)O. The molecule has 2 N–H and O–H groups in total. The molecule has 5 nitrogen and oxygen atoms in total.